The minimum absolute atomic E-state index is 0.359. The Morgan fingerprint density at radius 3 is 2.53 bits per heavy atom. The highest BCUT2D eigenvalue weighted by Crippen LogP contribution is 2.25. The Bertz CT molecular complexity index is 1260. The predicted octanol–water partition coefficient (Wildman–Crippen LogP) is 4.06. The van der Waals surface area contributed by atoms with Crippen molar-refractivity contribution in [3.8, 4) is 11.5 Å². The Labute approximate surface area is 179 Å². The van der Waals surface area contributed by atoms with Crippen LogP contribution in [-0.2, 0) is 16.6 Å². The van der Waals surface area contributed by atoms with Gasteiger partial charge in [0.25, 0.3) is 0 Å². The number of rotatable bonds is 5. The summed E-state index contributed by atoms with van der Waals surface area (Å²) in [6.07, 6.45) is 1.64. The molecule has 0 atom stereocenters. The molecule has 5 rings (SSSR count). The van der Waals surface area contributed by atoms with E-state index in [1.165, 1.54) is 0 Å². The van der Waals surface area contributed by atoms with Crippen molar-refractivity contribution in [1.82, 2.24) is 14.2 Å². The zero-order valence-electron chi connectivity index (χ0n) is 16.3. The second-order valence-corrected chi connectivity index (χ2v) is 10.2. The third kappa shape index (κ3) is 3.79. The van der Waals surface area contributed by atoms with Crippen molar-refractivity contribution in [2.24, 2.45) is 0 Å². The summed E-state index contributed by atoms with van der Waals surface area (Å²) in [6, 6.07) is 16.9. The normalized spacial score (nSPS) is 16.3. The fourth-order valence-electron chi connectivity index (χ4n) is 3.72. The molecule has 0 amide bonds. The maximum absolute atomic E-state index is 13.1. The van der Waals surface area contributed by atoms with E-state index in [1.807, 2.05) is 47.8 Å². The van der Waals surface area contributed by atoms with E-state index in [0.717, 1.165) is 33.8 Å². The van der Waals surface area contributed by atoms with Crippen LogP contribution in [0.1, 0.15) is 5.01 Å². The summed E-state index contributed by atoms with van der Waals surface area (Å²) >= 11 is 1.60. The molecule has 3 heterocycles. The molecular formula is C22H21N3O3S2. The molecule has 2 aromatic carbocycles. The maximum Gasteiger partial charge on any atom is 0.243 e. The number of aromatic nitrogens is 1. The first-order valence-electron chi connectivity index (χ1n) is 9.79. The van der Waals surface area contributed by atoms with E-state index in [9.17, 15) is 8.42 Å². The van der Waals surface area contributed by atoms with Crippen LogP contribution in [0, 0.1) is 0 Å². The van der Waals surface area contributed by atoms with E-state index in [-0.39, 0.29) is 0 Å². The molecule has 0 unspecified atom stereocenters. The summed E-state index contributed by atoms with van der Waals surface area (Å²) < 4.78 is 33.2. The van der Waals surface area contributed by atoms with Crippen LogP contribution in [0.5, 0.6) is 0 Å². The molecule has 6 nitrogen and oxygen atoms in total. The van der Waals surface area contributed by atoms with Gasteiger partial charge in [-0.25, -0.2) is 13.4 Å². The van der Waals surface area contributed by atoms with Gasteiger partial charge in [-0.05, 0) is 35.0 Å². The fraction of sp³-hybridized carbons (Fsp3) is 0.227. The van der Waals surface area contributed by atoms with Crippen LogP contribution in [0.25, 0.3) is 22.2 Å². The van der Waals surface area contributed by atoms with Gasteiger partial charge in [0.2, 0.25) is 10.0 Å². The smallest absolute Gasteiger partial charge is 0.243 e. The highest BCUT2D eigenvalue weighted by Gasteiger charge is 2.29. The lowest BCUT2D eigenvalue weighted by atomic mass is 10.1. The van der Waals surface area contributed by atoms with Gasteiger partial charge in [-0.2, -0.15) is 4.31 Å². The van der Waals surface area contributed by atoms with E-state index in [0.29, 0.717) is 31.1 Å². The predicted molar refractivity (Wildman–Crippen MR) is 118 cm³/mol. The molecule has 0 radical (unpaired) electrons. The molecule has 1 saturated heterocycles. The quantitative estimate of drug-likeness (QED) is 0.469. The molecular weight excluding hydrogens is 418 g/mol. The summed E-state index contributed by atoms with van der Waals surface area (Å²) in [5.74, 6) is 0.767. The third-order valence-corrected chi connectivity index (χ3v) is 8.10. The van der Waals surface area contributed by atoms with Crippen LogP contribution in [-0.4, -0.2) is 48.8 Å². The van der Waals surface area contributed by atoms with Crippen LogP contribution in [0.4, 0.5) is 0 Å². The molecule has 30 heavy (non-hydrogen) atoms. The van der Waals surface area contributed by atoms with E-state index < -0.39 is 10.0 Å². The molecule has 0 saturated carbocycles. The number of hydrogen-bond acceptors (Lipinski definition) is 6. The third-order valence-electron chi connectivity index (χ3n) is 5.37. The van der Waals surface area contributed by atoms with Gasteiger partial charge in [0.05, 0.1) is 17.7 Å². The van der Waals surface area contributed by atoms with Crippen molar-refractivity contribution >= 4 is 32.1 Å². The number of benzene rings is 2. The first-order valence-corrected chi connectivity index (χ1v) is 12.1. The average molecular weight is 440 g/mol. The SMILES string of the molecule is O=S(=O)(c1ccc2ccccc2c1)N1CCN(Cc2nc(-c3ccco3)cs2)CC1. The minimum atomic E-state index is -3.49. The van der Waals surface area contributed by atoms with E-state index >= 15 is 0 Å². The van der Waals surface area contributed by atoms with E-state index in [2.05, 4.69) is 9.88 Å². The number of nitrogens with zero attached hydrogens (tertiary/aromatic N) is 3. The van der Waals surface area contributed by atoms with Gasteiger partial charge in [-0.3, -0.25) is 4.90 Å². The van der Waals surface area contributed by atoms with Crippen molar-refractivity contribution < 1.29 is 12.8 Å². The van der Waals surface area contributed by atoms with Gasteiger partial charge in [-0.1, -0.05) is 30.3 Å². The van der Waals surface area contributed by atoms with Crippen LogP contribution < -0.4 is 0 Å². The summed E-state index contributed by atoms with van der Waals surface area (Å²) in [4.78, 5) is 7.25. The second-order valence-electron chi connectivity index (χ2n) is 7.29. The molecule has 1 fully saturated rings. The average Bonchev–Trinajstić information content (AvgIpc) is 3.46. The molecule has 0 N–H and O–H groups in total. The summed E-state index contributed by atoms with van der Waals surface area (Å²) in [7, 11) is -3.49. The molecule has 0 spiro atoms. The van der Waals surface area contributed by atoms with Gasteiger partial charge >= 0.3 is 0 Å². The van der Waals surface area contributed by atoms with Crippen LogP contribution >= 0.6 is 11.3 Å². The summed E-state index contributed by atoms with van der Waals surface area (Å²) in [5, 5.41) is 4.98. The number of thiazole rings is 1. The topological polar surface area (TPSA) is 66.7 Å². The largest absolute Gasteiger partial charge is 0.463 e. The zero-order chi connectivity index (χ0) is 20.6. The Morgan fingerprint density at radius 2 is 1.77 bits per heavy atom. The second kappa shape index (κ2) is 7.96. The lowest BCUT2D eigenvalue weighted by Gasteiger charge is -2.33. The Balaban J connectivity index is 1.24. The van der Waals surface area contributed by atoms with Crippen molar-refractivity contribution in [3.63, 3.8) is 0 Å². The van der Waals surface area contributed by atoms with Crippen molar-refractivity contribution in [1.29, 1.82) is 0 Å². The molecule has 4 aromatic rings. The Hall–Kier alpha value is -2.52. The van der Waals surface area contributed by atoms with Crippen LogP contribution in [0.3, 0.4) is 0 Å². The molecule has 0 aliphatic carbocycles. The van der Waals surface area contributed by atoms with Gasteiger partial charge in [0.1, 0.15) is 10.7 Å². The molecule has 1 aliphatic rings. The molecule has 1 aliphatic heterocycles. The number of sulfonamides is 1. The fourth-order valence-corrected chi connectivity index (χ4v) is 6.00. The van der Waals surface area contributed by atoms with Gasteiger partial charge in [0, 0.05) is 31.6 Å². The first kappa shape index (κ1) is 19.4. The molecule has 154 valence electrons. The highest BCUT2D eigenvalue weighted by atomic mass is 32.2. The summed E-state index contributed by atoms with van der Waals surface area (Å²) in [5.41, 5.74) is 0.845. The van der Waals surface area contributed by atoms with E-state index in [1.54, 1.807) is 34.0 Å². The monoisotopic (exact) mass is 439 g/mol. The lowest BCUT2D eigenvalue weighted by Crippen LogP contribution is -2.48. The van der Waals surface area contributed by atoms with E-state index in [4.69, 9.17) is 4.42 Å². The minimum Gasteiger partial charge on any atom is -0.463 e. The zero-order valence-corrected chi connectivity index (χ0v) is 17.9. The van der Waals surface area contributed by atoms with Crippen LogP contribution in [0.2, 0.25) is 0 Å². The highest BCUT2D eigenvalue weighted by molar-refractivity contribution is 7.89. The van der Waals surface area contributed by atoms with Crippen molar-refractivity contribution in [2.75, 3.05) is 26.2 Å². The Morgan fingerprint density at radius 1 is 0.967 bits per heavy atom. The van der Waals surface area contributed by atoms with Gasteiger partial charge in [0.15, 0.2) is 5.76 Å². The maximum atomic E-state index is 13.1. The number of hydrogen-bond donors (Lipinski definition) is 0. The molecule has 0 bridgehead atoms. The molecule has 2 aromatic heterocycles. The van der Waals surface area contributed by atoms with Crippen molar-refractivity contribution in [2.45, 2.75) is 11.4 Å². The number of piperazine rings is 1. The van der Waals surface area contributed by atoms with Crippen molar-refractivity contribution in [3.05, 3.63) is 71.2 Å². The van der Waals surface area contributed by atoms with Gasteiger partial charge in [-0.15, -0.1) is 11.3 Å². The summed E-state index contributed by atoms with van der Waals surface area (Å²) in [6.45, 7) is 3.04. The van der Waals surface area contributed by atoms with Gasteiger partial charge < -0.3 is 4.42 Å². The Kier molecular flexibility index (Phi) is 5.16. The number of furan rings is 1. The first-order chi connectivity index (χ1) is 14.6. The standard InChI is InChI=1S/C22H21N3O3S2/c26-30(27,19-8-7-17-4-1-2-5-18(17)14-19)25-11-9-24(10-12-25)15-22-23-20(16-29-22)21-6-3-13-28-21/h1-8,13-14,16H,9-12,15H2. The molecule has 8 heteroatoms. The number of fused-ring (bicyclic) bond motifs is 1. The lowest BCUT2D eigenvalue weighted by molar-refractivity contribution is 0.181. The van der Waals surface area contributed by atoms with Crippen LogP contribution in [0.15, 0.2) is 75.6 Å².